The number of nitrogens with one attached hydrogen (secondary N) is 1. The van der Waals surface area contributed by atoms with Crippen LogP contribution >= 0.6 is 0 Å². The molecule has 9 nitrogen and oxygen atoms in total. The van der Waals surface area contributed by atoms with Gasteiger partial charge >= 0.3 is 5.69 Å². The fourth-order valence-electron chi connectivity index (χ4n) is 3.61. The summed E-state index contributed by atoms with van der Waals surface area (Å²) >= 11 is 0. The van der Waals surface area contributed by atoms with Crippen molar-refractivity contribution in [3.63, 3.8) is 0 Å². The van der Waals surface area contributed by atoms with Crippen LogP contribution in [0.15, 0.2) is 39.9 Å². The Kier molecular flexibility index (Phi) is 5.39. The maximum absolute atomic E-state index is 12.6. The van der Waals surface area contributed by atoms with Crippen LogP contribution in [-0.2, 0) is 13.6 Å². The Balaban J connectivity index is 1.62. The molecule has 0 aliphatic carbocycles. The number of piperazine rings is 1. The van der Waals surface area contributed by atoms with Gasteiger partial charge in [-0.15, -0.1) is 0 Å². The maximum atomic E-state index is 12.6. The summed E-state index contributed by atoms with van der Waals surface area (Å²) in [4.78, 5) is 36.1. The largest absolute Gasteiger partial charge is 0.494 e. The summed E-state index contributed by atoms with van der Waals surface area (Å²) in [6, 6.07) is 9.66. The van der Waals surface area contributed by atoms with Crippen molar-refractivity contribution in [3.8, 4) is 5.75 Å². The van der Waals surface area contributed by atoms with Crippen molar-refractivity contribution in [2.24, 2.45) is 7.05 Å². The highest BCUT2D eigenvalue weighted by atomic mass is 16.5. The Morgan fingerprint density at radius 2 is 1.79 bits per heavy atom. The Morgan fingerprint density at radius 3 is 2.52 bits per heavy atom. The number of likely N-dealkylation sites (N-methyl/N-ethyl adjacent to an activating group) is 1. The number of aryl methyl sites for hydroxylation is 2. The molecule has 0 saturated carbocycles. The topological polar surface area (TPSA) is 88.4 Å². The second-order valence-corrected chi connectivity index (χ2v) is 7.36. The number of hydrogen-bond acceptors (Lipinski definition) is 6. The molecule has 9 heteroatoms. The number of para-hydroxylation sites is 1. The summed E-state index contributed by atoms with van der Waals surface area (Å²) < 4.78 is 9.11. The Bertz CT molecular complexity index is 1090. The van der Waals surface area contributed by atoms with Gasteiger partial charge in [0, 0.05) is 39.8 Å². The number of aromatic amines is 1. The smallest absolute Gasteiger partial charge is 0.329 e. The molecule has 1 aliphatic rings. The van der Waals surface area contributed by atoms with Crippen molar-refractivity contribution in [1.29, 1.82) is 0 Å². The molecule has 3 heterocycles. The van der Waals surface area contributed by atoms with E-state index in [2.05, 4.69) is 21.8 Å². The van der Waals surface area contributed by atoms with Crippen LogP contribution in [0.4, 0.5) is 5.95 Å². The molecule has 1 aliphatic heterocycles. The second kappa shape index (κ2) is 8.12. The number of rotatable bonds is 6. The lowest BCUT2D eigenvalue weighted by atomic mass is 10.3. The minimum atomic E-state index is -0.454. The Hall–Kier alpha value is -3.07. The SMILES string of the molecule is CN1CCN(c2nc3c(c(=O)[nH]c(=O)n3C)n2CCCOc2ccccc2)CC1. The molecule has 0 bridgehead atoms. The number of hydrogen-bond donors (Lipinski definition) is 1. The van der Waals surface area contributed by atoms with Crippen molar-refractivity contribution in [3.05, 3.63) is 51.2 Å². The minimum absolute atomic E-state index is 0.403. The van der Waals surface area contributed by atoms with Crippen molar-refractivity contribution in [2.45, 2.75) is 13.0 Å². The van der Waals surface area contributed by atoms with E-state index in [0.29, 0.717) is 30.7 Å². The number of anilines is 1. The van der Waals surface area contributed by atoms with E-state index in [9.17, 15) is 9.59 Å². The highest BCUT2D eigenvalue weighted by molar-refractivity contribution is 5.74. The zero-order valence-electron chi connectivity index (χ0n) is 16.8. The predicted octanol–water partition coefficient (Wildman–Crippen LogP) is 0.644. The summed E-state index contributed by atoms with van der Waals surface area (Å²) in [5.74, 6) is 1.56. The van der Waals surface area contributed by atoms with E-state index in [1.54, 1.807) is 7.05 Å². The van der Waals surface area contributed by atoms with Crippen LogP contribution in [0.1, 0.15) is 6.42 Å². The van der Waals surface area contributed by atoms with Gasteiger partial charge in [-0.2, -0.15) is 4.98 Å². The fourth-order valence-corrected chi connectivity index (χ4v) is 3.61. The molecule has 1 saturated heterocycles. The molecule has 2 aromatic heterocycles. The third kappa shape index (κ3) is 3.91. The van der Waals surface area contributed by atoms with E-state index in [0.717, 1.165) is 37.9 Å². The highest BCUT2D eigenvalue weighted by Crippen LogP contribution is 2.21. The number of nitrogens with zero attached hydrogens (tertiary/aromatic N) is 5. The van der Waals surface area contributed by atoms with E-state index >= 15 is 0 Å². The van der Waals surface area contributed by atoms with Crippen molar-refractivity contribution < 1.29 is 4.74 Å². The first-order valence-corrected chi connectivity index (χ1v) is 9.85. The van der Waals surface area contributed by atoms with Gasteiger partial charge in [-0.05, 0) is 25.6 Å². The lowest BCUT2D eigenvalue weighted by molar-refractivity contribution is 0.299. The molecule has 0 spiro atoms. The van der Waals surface area contributed by atoms with Gasteiger partial charge in [-0.3, -0.25) is 14.3 Å². The Labute approximate surface area is 168 Å². The molecule has 0 radical (unpaired) electrons. The third-order valence-corrected chi connectivity index (χ3v) is 5.31. The van der Waals surface area contributed by atoms with Crippen LogP contribution in [-0.4, -0.2) is 63.8 Å². The lowest BCUT2D eigenvalue weighted by Gasteiger charge is -2.33. The summed E-state index contributed by atoms with van der Waals surface area (Å²) in [7, 11) is 3.72. The quantitative estimate of drug-likeness (QED) is 0.613. The second-order valence-electron chi connectivity index (χ2n) is 7.36. The van der Waals surface area contributed by atoms with Crippen LogP contribution in [0.25, 0.3) is 11.2 Å². The Morgan fingerprint density at radius 1 is 1.07 bits per heavy atom. The zero-order valence-corrected chi connectivity index (χ0v) is 16.8. The molecular weight excluding hydrogens is 372 g/mol. The summed E-state index contributed by atoms with van der Waals surface area (Å²) in [5, 5.41) is 0. The highest BCUT2D eigenvalue weighted by Gasteiger charge is 2.23. The van der Waals surface area contributed by atoms with E-state index < -0.39 is 11.2 Å². The first kappa shape index (κ1) is 19.3. The average molecular weight is 398 g/mol. The summed E-state index contributed by atoms with van der Waals surface area (Å²) in [5.41, 5.74) is -0.0122. The lowest BCUT2D eigenvalue weighted by Crippen LogP contribution is -2.45. The number of fused-ring (bicyclic) bond motifs is 1. The molecule has 4 rings (SSSR count). The van der Waals surface area contributed by atoms with Gasteiger partial charge < -0.3 is 19.1 Å². The van der Waals surface area contributed by atoms with Crippen LogP contribution in [0.5, 0.6) is 5.75 Å². The van der Waals surface area contributed by atoms with Gasteiger partial charge in [0.2, 0.25) is 5.95 Å². The fraction of sp³-hybridized carbons (Fsp3) is 0.450. The van der Waals surface area contributed by atoms with E-state index in [1.165, 1.54) is 4.57 Å². The van der Waals surface area contributed by atoms with Crippen LogP contribution in [0.2, 0.25) is 0 Å². The van der Waals surface area contributed by atoms with Gasteiger partial charge in [0.05, 0.1) is 6.61 Å². The standard InChI is InChI=1S/C20H26N6O3/c1-23-10-12-25(13-11-23)19-21-17-16(18(27)22-20(28)24(17)2)26(19)9-6-14-29-15-7-4-3-5-8-15/h3-5,7-8H,6,9-14H2,1-2H3,(H,22,27,28). The van der Waals surface area contributed by atoms with Crippen LogP contribution in [0, 0.1) is 0 Å². The normalized spacial score (nSPS) is 15.2. The molecule has 1 fully saturated rings. The first-order valence-electron chi connectivity index (χ1n) is 9.85. The predicted molar refractivity (Wildman–Crippen MR) is 112 cm³/mol. The van der Waals surface area contributed by atoms with Gasteiger partial charge in [0.1, 0.15) is 5.75 Å². The van der Waals surface area contributed by atoms with Crippen LogP contribution < -0.4 is 20.9 Å². The summed E-state index contributed by atoms with van der Waals surface area (Å²) in [6.07, 6.45) is 0.712. The number of aromatic nitrogens is 4. The monoisotopic (exact) mass is 398 g/mol. The molecule has 0 atom stereocenters. The molecule has 0 amide bonds. The van der Waals surface area contributed by atoms with Gasteiger partial charge in [-0.1, -0.05) is 18.2 Å². The molecule has 3 aromatic rings. The van der Waals surface area contributed by atoms with Gasteiger partial charge in [0.15, 0.2) is 11.2 Å². The number of H-pyrrole nitrogens is 1. The van der Waals surface area contributed by atoms with Crippen molar-refractivity contribution >= 4 is 17.1 Å². The first-order chi connectivity index (χ1) is 14.0. The zero-order chi connectivity index (χ0) is 20.4. The van der Waals surface area contributed by atoms with Crippen molar-refractivity contribution in [1.82, 2.24) is 24.0 Å². The summed E-state index contributed by atoms with van der Waals surface area (Å²) in [6.45, 7) is 4.60. The molecule has 29 heavy (non-hydrogen) atoms. The average Bonchev–Trinajstić information content (AvgIpc) is 3.11. The van der Waals surface area contributed by atoms with Crippen LogP contribution in [0.3, 0.4) is 0 Å². The van der Waals surface area contributed by atoms with E-state index in [4.69, 9.17) is 9.72 Å². The van der Waals surface area contributed by atoms with Gasteiger partial charge in [-0.25, -0.2) is 4.79 Å². The minimum Gasteiger partial charge on any atom is -0.494 e. The number of benzene rings is 1. The molecular formula is C20H26N6O3. The van der Waals surface area contributed by atoms with E-state index in [1.807, 2.05) is 34.9 Å². The van der Waals surface area contributed by atoms with Gasteiger partial charge in [0.25, 0.3) is 5.56 Å². The van der Waals surface area contributed by atoms with Crippen molar-refractivity contribution in [2.75, 3.05) is 44.7 Å². The van der Waals surface area contributed by atoms with E-state index in [-0.39, 0.29) is 0 Å². The molecule has 1 N–H and O–H groups in total. The maximum Gasteiger partial charge on any atom is 0.329 e. The number of ether oxygens (including phenoxy) is 1. The third-order valence-electron chi connectivity index (χ3n) is 5.31. The molecule has 154 valence electrons. The molecule has 0 unspecified atom stereocenters. The number of imidazole rings is 1. The molecule has 1 aromatic carbocycles.